The predicted octanol–water partition coefficient (Wildman–Crippen LogP) is 4.05. The molecular weight excluding hydrogens is 224 g/mol. The molecule has 0 amide bonds. The Morgan fingerprint density at radius 3 is 2.61 bits per heavy atom. The number of hydrogen-bond acceptors (Lipinski definition) is 3. The highest BCUT2D eigenvalue weighted by atomic mass is 16.5. The molecule has 0 radical (unpaired) electrons. The van der Waals surface area contributed by atoms with Crippen LogP contribution in [0.3, 0.4) is 0 Å². The van der Waals surface area contributed by atoms with Crippen molar-refractivity contribution in [1.29, 1.82) is 0 Å². The third-order valence-electron chi connectivity index (χ3n) is 2.98. The summed E-state index contributed by atoms with van der Waals surface area (Å²) in [5.41, 5.74) is 7.70. The van der Waals surface area contributed by atoms with Gasteiger partial charge in [-0.2, -0.15) is 0 Å². The molecule has 1 aromatic rings. The molecule has 1 atom stereocenters. The number of anilines is 2. The third kappa shape index (κ3) is 4.47. The van der Waals surface area contributed by atoms with Gasteiger partial charge in [-0.25, -0.2) is 0 Å². The standard InChI is InChI=1S/C15H26N2O/c1-4-7-12(6-3)17-13-8-9-14(16)15(11-13)18-10-5-2/h8-9,11-12,17H,4-7,10,16H2,1-3H3. The number of benzene rings is 1. The summed E-state index contributed by atoms with van der Waals surface area (Å²) in [5, 5.41) is 3.54. The van der Waals surface area contributed by atoms with E-state index < -0.39 is 0 Å². The molecule has 0 aliphatic rings. The lowest BCUT2D eigenvalue weighted by atomic mass is 10.1. The molecule has 3 N–H and O–H groups in total. The van der Waals surface area contributed by atoms with Gasteiger partial charge in [0.05, 0.1) is 12.3 Å². The molecule has 0 bridgehead atoms. The van der Waals surface area contributed by atoms with Crippen LogP contribution in [-0.2, 0) is 0 Å². The molecule has 0 aliphatic heterocycles. The minimum Gasteiger partial charge on any atom is -0.491 e. The first-order valence-corrected chi connectivity index (χ1v) is 7.00. The molecule has 0 saturated carbocycles. The Morgan fingerprint density at radius 1 is 1.22 bits per heavy atom. The van der Waals surface area contributed by atoms with E-state index in [-0.39, 0.29) is 0 Å². The zero-order chi connectivity index (χ0) is 13.4. The van der Waals surface area contributed by atoms with Crippen LogP contribution in [0.25, 0.3) is 0 Å². The van der Waals surface area contributed by atoms with Gasteiger partial charge in [-0.1, -0.05) is 27.2 Å². The van der Waals surface area contributed by atoms with Crippen molar-refractivity contribution >= 4 is 11.4 Å². The largest absolute Gasteiger partial charge is 0.491 e. The Kier molecular flexibility index (Phi) is 6.40. The van der Waals surface area contributed by atoms with Crippen LogP contribution in [0.1, 0.15) is 46.5 Å². The van der Waals surface area contributed by atoms with E-state index in [9.17, 15) is 0 Å². The van der Waals surface area contributed by atoms with Crippen LogP contribution in [-0.4, -0.2) is 12.6 Å². The Balaban J connectivity index is 2.70. The highest BCUT2D eigenvalue weighted by Gasteiger charge is 2.07. The maximum Gasteiger partial charge on any atom is 0.144 e. The van der Waals surface area contributed by atoms with E-state index in [0.717, 1.165) is 24.3 Å². The van der Waals surface area contributed by atoms with E-state index in [4.69, 9.17) is 10.5 Å². The Bertz CT molecular complexity index is 352. The predicted molar refractivity (Wildman–Crippen MR) is 79.3 cm³/mol. The second kappa shape index (κ2) is 7.85. The van der Waals surface area contributed by atoms with Gasteiger partial charge in [-0.15, -0.1) is 0 Å². The second-order valence-corrected chi connectivity index (χ2v) is 4.64. The molecule has 3 nitrogen and oxygen atoms in total. The number of hydrogen-bond donors (Lipinski definition) is 2. The minimum absolute atomic E-state index is 0.526. The van der Waals surface area contributed by atoms with E-state index in [2.05, 4.69) is 26.1 Å². The normalized spacial score (nSPS) is 12.2. The maximum absolute atomic E-state index is 5.90. The van der Waals surface area contributed by atoms with Gasteiger partial charge in [0.15, 0.2) is 0 Å². The molecule has 0 saturated heterocycles. The van der Waals surface area contributed by atoms with E-state index >= 15 is 0 Å². The molecule has 18 heavy (non-hydrogen) atoms. The summed E-state index contributed by atoms with van der Waals surface area (Å²) >= 11 is 0. The molecule has 3 heteroatoms. The quantitative estimate of drug-likeness (QED) is 0.684. The monoisotopic (exact) mass is 250 g/mol. The van der Waals surface area contributed by atoms with Crippen LogP contribution < -0.4 is 15.8 Å². The molecule has 102 valence electrons. The summed E-state index contributed by atoms with van der Waals surface area (Å²) < 4.78 is 5.64. The van der Waals surface area contributed by atoms with Gasteiger partial charge in [-0.05, 0) is 31.4 Å². The summed E-state index contributed by atoms with van der Waals surface area (Å²) in [6, 6.07) is 6.46. The molecule has 1 aromatic carbocycles. The number of rotatable bonds is 8. The average Bonchev–Trinajstić information content (AvgIpc) is 2.38. The first kappa shape index (κ1) is 14.7. The Hall–Kier alpha value is -1.38. The Morgan fingerprint density at radius 2 is 2.00 bits per heavy atom. The van der Waals surface area contributed by atoms with Crippen molar-refractivity contribution < 1.29 is 4.74 Å². The zero-order valence-electron chi connectivity index (χ0n) is 11.8. The first-order chi connectivity index (χ1) is 8.71. The van der Waals surface area contributed by atoms with Crippen LogP contribution in [0.2, 0.25) is 0 Å². The lowest BCUT2D eigenvalue weighted by Gasteiger charge is -2.18. The molecule has 0 fully saturated rings. The summed E-state index contributed by atoms with van der Waals surface area (Å²) in [6.45, 7) is 7.22. The third-order valence-corrected chi connectivity index (χ3v) is 2.98. The van der Waals surface area contributed by atoms with Gasteiger partial charge in [0, 0.05) is 17.8 Å². The molecule has 1 unspecified atom stereocenters. The number of nitrogen functional groups attached to an aromatic ring is 1. The van der Waals surface area contributed by atoms with Gasteiger partial charge in [0.1, 0.15) is 5.75 Å². The number of nitrogens with two attached hydrogens (primary N) is 1. The van der Waals surface area contributed by atoms with Gasteiger partial charge in [0.2, 0.25) is 0 Å². The van der Waals surface area contributed by atoms with Gasteiger partial charge in [0.25, 0.3) is 0 Å². The van der Waals surface area contributed by atoms with Crippen molar-refractivity contribution in [3.63, 3.8) is 0 Å². The minimum atomic E-state index is 0.526. The lowest BCUT2D eigenvalue weighted by molar-refractivity contribution is 0.319. The molecule has 1 rings (SSSR count). The van der Waals surface area contributed by atoms with E-state index in [1.807, 2.05) is 18.2 Å². The van der Waals surface area contributed by atoms with Crippen LogP contribution >= 0.6 is 0 Å². The second-order valence-electron chi connectivity index (χ2n) is 4.64. The zero-order valence-corrected chi connectivity index (χ0v) is 11.8. The Labute approximate surface area is 111 Å². The lowest BCUT2D eigenvalue weighted by Crippen LogP contribution is -2.18. The fourth-order valence-electron chi connectivity index (χ4n) is 1.92. The van der Waals surface area contributed by atoms with Crippen molar-refractivity contribution in [1.82, 2.24) is 0 Å². The maximum atomic E-state index is 5.90. The highest BCUT2D eigenvalue weighted by molar-refractivity contribution is 5.61. The number of nitrogens with one attached hydrogen (secondary N) is 1. The van der Waals surface area contributed by atoms with Crippen LogP contribution in [0.4, 0.5) is 11.4 Å². The number of ether oxygens (including phenoxy) is 1. The fourth-order valence-corrected chi connectivity index (χ4v) is 1.92. The van der Waals surface area contributed by atoms with E-state index in [1.54, 1.807) is 0 Å². The summed E-state index contributed by atoms with van der Waals surface area (Å²) in [5.74, 6) is 0.785. The molecule has 0 aliphatic carbocycles. The van der Waals surface area contributed by atoms with Crippen LogP contribution in [0, 0.1) is 0 Å². The van der Waals surface area contributed by atoms with Gasteiger partial charge >= 0.3 is 0 Å². The topological polar surface area (TPSA) is 47.3 Å². The molecule has 0 spiro atoms. The van der Waals surface area contributed by atoms with E-state index in [1.165, 1.54) is 12.8 Å². The molecule has 0 heterocycles. The summed E-state index contributed by atoms with van der Waals surface area (Å²) in [6.07, 6.45) is 4.50. The van der Waals surface area contributed by atoms with Crippen molar-refractivity contribution in [2.45, 2.75) is 52.5 Å². The van der Waals surface area contributed by atoms with Gasteiger partial charge in [-0.3, -0.25) is 0 Å². The van der Waals surface area contributed by atoms with E-state index in [0.29, 0.717) is 18.3 Å². The van der Waals surface area contributed by atoms with Crippen LogP contribution in [0.15, 0.2) is 18.2 Å². The van der Waals surface area contributed by atoms with Crippen molar-refractivity contribution in [3.05, 3.63) is 18.2 Å². The van der Waals surface area contributed by atoms with Crippen molar-refractivity contribution in [2.24, 2.45) is 0 Å². The summed E-state index contributed by atoms with van der Waals surface area (Å²) in [4.78, 5) is 0. The molecular formula is C15H26N2O. The smallest absolute Gasteiger partial charge is 0.144 e. The van der Waals surface area contributed by atoms with Crippen molar-refractivity contribution in [3.8, 4) is 5.75 Å². The SMILES string of the molecule is CCCOc1cc(NC(CC)CCC)ccc1N. The van der Waals surface area contributed by atoms with Gasteiger partial charge < -0.3 is 15.8 Å². The fraction of sp³-hybridized carbons (Fsp3) is 0.600. The van der Waals surface area contributed by atoms with Crippen molar-refractivity contribution in [2.75, 3.05) is 17.7 Å². The average molecular weight is 250 g/mol. The van der Waals surface area contributed by atoms with Crippen LogP contribution in [0.5, 0.6) is 5.75 Å². The molecule has 0 aromatic heterocycles. The first-order valence-electron chi connectivity index (χ1n) is 7.00. The highest BCUT2D eigenvalue weighted by Crippen LogP contribution is 2.26. The summed E-state index contributed by atoms with van der Waals surface area (Å²) in [7, 11) is 0.